The van der Waals surface area contributed by atoms with Gasteiger partial charge in [0.05, 0.1) is 0 Å². The molecule has 2 rings (SSSR count). The Morgan fingerprint density at radius 3 is 3.00 bits per heavy atom. The molecule has 2 heterocycles. The van der Waals surface area contributed by atoms with Crippen LogP contribution in [-0.4, -0.2) is 52.5 Å². The van der Waals surface area contributed by atoms with Gasteiger partial charge in [-0.1, -0.05) is 18.8 Å². The molecular formula is C15H17N3O3. The Morgan fingerprint density at radius 1 is 1.57 bits per heavy atom. The molecule has 1 aromatic rings. The van der Waals surface area contributed by atoms with Crippen molar-refractivity contribution in [3.8, 4) is 11.8 Å². The van der Waals surface area contributed by atoms with Crippen LogP contribution in [0.4, 0.5) is 0 Å². The van der Waals surface area contributed by atoms with E-state index in [1.165, 1.54) is 6.20 Å². The van der Waals surface area contributed by atoms with E-state index >= 15 is 0 Å². The number of pyridine rings is 1. The number of hydrogen-bond donors (Lipinski definition) is 2. The summed E-state index contributed by atoms with van der Waals surface area (Å²) in [5.41, 5.74) is 0.918. The van der Waals surface area contributed by atoms with E-state index in [1.54, 1.807) is 17.0 Å². The second kappa shape index (κ2) is 6.86. The molecule has 2 N–H and O–H groups in total. The molecule has 6 nitrogen and oxygen atoms in total. The van der Waals surface area contributed by atoms with Crippen molar-refractivity contribution < 1.29 is 14.7 Å². The van der Waals surface area contributed by atoms with Gasteiger partial charge in [0.25, 0.3) is 5.91 Å². The lowest BCUT2D eigenvalue weighted by atomic mass is 10.1. The highest BCUT2D eigenvalue weighted by atomic mass is 16.2. The maximum atomic E-state index is 12.4. The van der Waals surface area contributed by atoms with Crippen molar-refractivity contribution in [1.29, 1.82) is 0 Å². The lowest BCUT2D eigenvalue weighted by molar-refractivity contribution is -0.127. The highest BCUT2D eigenvalue weighted by Crippen LogP contribution is 2.12. The van der Waals surface area contributed by atoms with Gasteiger partial charge in [-0.05, 0) is 18.6 Å². The molecule has 0 saturated carbocycles. The van der Waals surface area contributed by atoms with E-state index in [0.29, 0.717) is 25.1 Å². The van der Waals surface area contributed by atoms with Crippen LogP contribution in [0.1, 0.15) is 29.4 Å². The Kier molecular flexibility index (Phi) is 4.90. The van der Waals surface area contributed by atoms with Gasteiger partial charge in [0.15, 0.2) is 0 Å². The molecule has 1 aliphatic heterocycles. The maximum Gasteiger partial charge on any atom is 0.273 e. The van der Waals surface area contributed by atoms with Gasteiger partial charge in [-0.3, -0.25) is 9.59 Å². The van der Waals surface area contributed by atoms with Gasteiger partial charge < -0.3 is 15.3 Å². The summed E-state index contributed by atoms with van der Waals surface area (Å²) < 4.78 is 0. The van der Waals surface area contributed by atoms with Crippen LogP contribution in [0.2, 0.25) is 0 Å². The number of nitrogens with one attached hydrogen (secondary N) is 1. The van der Waals surface area contributed by atoms with E-state index in [2.05, 4.69) is 22.1 Å². The molecule has 0 bridgehead atoms. The number of hydrogen-bond acceptors (Lipinski definition) is 4. The first-order valence-electron chi connectivity index (χ1n) is 6.81. The summed E-state index contributed by atoms with van der Waals surface area (Å²) in [7, 11) is 0. The van der Waals surface area contributed by atoms with E-state index in [4.69, 9.17) is 5.11 Å². The van der Waals surface area contributed by atoms with E-state index < -0.39 is 6.04 Å². The number of aromatic nitrogens is 1. The van der Waals surface area contributed by atoms with Crippen molar-refractivity contribution in [2.24, 2.45) is 0 Å². The molecule has 2 amide bonds. The molecule has 0 spiro atoms. The Hall–Kier alpha value is -2.39. The third kappa shape index (κ3) is 3.38. The van der Waals surface area contributed by atoms with E-state index in [1.807, 2.05) is 6.92 Å². The minimum atomic E-state index is -0.443. The van der Waals surface area contributed by atoms with Crippen LogP contribution in [0, 0.1) is 11.8 Å². The van der Waals surface area contributed by atoms with Crippen LogP contribution in [0.5, 0.6) is 0 Å². The topological polar surface area (TPSA) is 82.5 Å². The molecule has 0 aliphatic carbocycles. The molecule has 1 saturated heterocycles. The van der Waals surface area contributed by atoms with Crippen molar-refractivity contribution >= 4 is 11.8 Å². The van der Waals surface area contributed by atoms with Crippen LogP contribution in [-0.2, 0) is 4.79 Å². The number of piperazine rings is 1. The second-order valence-electron chi connectivity index (χ2n) is 4.61. The predicted molar refractivity (Wildman–Crippen MR) is 76.3 cm³/mol. The van der Waals surface area contributed by atoms with E-state index in [0.717, 1.165) is 0 Å². The van der Waals surface area contributed by atoms with Gasteiger partial charge in [0, 0.05) is 24.8 Å². The van der Waals surface area contributed by atoms with Gasteiger partial charge in [0.2, 0.25) is 5.91 Å². The smallest absolute Gasteiger partial charge is 0.273 e. The fourth-order valence-electron chi connectivity index (χ4n) is 2.25. The van der Waals surface area contributed by atoms with Gasteiger partial charge in [0.1, 0.15) is 18.3 Å². The third-order valence-electron chi connectivity index (χ3n) is 3.27. The molecule has 21 heavy (non-hydrogen) atoms. The minimum Gasteiger partial charge on any atom is -0.384 e. The predicted octanol–water partition coefficient (Wildman–Crippen LogP) is -0.224. The van der Waals surface area contributed by atoms with Crippen molar-refractivity contribution in [2.75, 3.05) is 19.7 Å². The monoisotopic (exact) mass is 287 g/mol. The van der Waals surface area contributed by atoms with Crippen LogP contribution >= 0.6 is 0 Å². The normalized spacial score (nSPS) is 17.7. The fraction of sp³-hybridized carbons (Fsp3) is 0.400. The Bertz CT molecular complexity index is 586. The Morgan fingerprint density at radius 2 is 2.38 bits per heavy atom. The number of aliphatic hydroxyl groups excluding tert-OH is 1. The summed E-state index contributed by atoms with van der Waals surface area (Å²) in [6.45, 7) is 2.59. The van der Waals surface area contributed by atoms with Crippen LogP contribution in [0.15, 0.2) is 18.3 Å². The van der Waals surface area contributed by atoms with Crippen LogP contribution in [0.3, 0.4) is 0 Å². The zero-order valence-corrected chi connectivity index (χ0v) is 11.8. The molecule has 0 aromatic carbocycles. The molecule has 1 fully saturated rings. The number of amides is 2. The van der Waals surface area contributed by atoms with Gasteiger partial charge in [-0.15, -0.1) is 0 Å². The lowest BCUT2D eigenvalue weighted by Crippen LogP contribution is -2.57. The molecule has 1 unspecified atom stereocenters. The second-order valence-corrected chi connectivity index (χ2v) is 4.61. The summed E-state index contributed by atoms with van der Waals surface area (Å²) in [6.07, 6.45) is 2.05. The molecule has 110 valence electrons. The number of carbonyl (C=O) groups is 2. The molecule has 1 aliphatic rings. The summed E-state index contributed by atoms with van der Waals surface area (Å²) in [6, 6.07) is 2.82. The summed E-state index contributed by atoms with van der Waals surface area (Å²) >= 11 is 0. The summed E-state index contributed by atoms with van der Waals surface area (Å²) in [5.74, 6) is 4.86. The van der Waals surface area contributed by atoms with Gasteiger partial charge in [-0.2, -0.15) is 0 Å². The van der Waals surface area contributed by atoms with Crippen LogP contribution in [0.25, 0.3) is 0 Å². The quantitative estimate of drug-likeness (QED) is 0.737. The summed E-state index contributed by atoms with van der Waals surface area (Å²) in [5, 5.41) is 11.4. The average Bonchev–Trinajstić information content (AvgIpc) is 2.52. The zero-order chi connectivity index (χ0) is 15.2. The highest BCUT2D eigenvalue weighted by Gasteiger charge is 2.32. The Balaban J connectivity index is 2.17. The number of nitrogens with zero attached hydrogens (tertiary/aromatic N) is 2. The van der Waals surface area contributed by atoms with Crippen molar-refractivity contribution in [3.05, 3.63) is 29.6 Å². The number of aliphatic hydroxyl groups is 1. The largest absolute Gasteiger partial charge is 0.384 e. The lowest BCUT2D eigenvalue weighted by Gasteiger charge is -2.34. The summed E-state index contributed by atoms with van der Waals surface area (Å²) in [4.78, 5) is 29.9. The number of rotatable bonds is 2. The van der Waals surface area contributed by atoms with E-state index in [-0.39, 0.29) is 24.1 Å². The third-order valence-corrected chi connectivity index (χ3v) is 3.27. The first-order chi connectivity index (χ1) is 10.2. The zero-order valence-electron chi connectivity index (χ0n) is 11.8. The standard InChI is InChI=1S/C15H17N3O3/c1-2-13-14(20)16-7-8-18(13)15(21)12-6-5-11(10-17-12)4-3-9-19/h5-6,10,13,19H,2,7-9H2,1H3,(H,16,20). The molecule has 6 heteroatoms. The first kappa shape index (κ1) is 15.0. The van der Waals surface area contributed by atoms with Crippen molar-refractivity contribution in [1.82, 2.24) is 15.2 Å². The van der Waals surface area contributed by atoms with Crippen molar-refractivity contribution in [3.63, 3.8) is 0 Å². The number of carbonyl (C=O) groups excluding carboxylic acids is 2. The molecule has 1 aromatic heterocycles. The maximum absolute atomic E-state index is 12.4. The molecule has 0 radical (unpaired) electrons. The minimum absolute atomic E-state index is 0.123. The first-order valence-corrected chi connectivity index (χ1v) is 6.81. The average molecular weight is 287 g/mol. The van der Waals surface area contributed by atoms with Gasteiger partial charge >= 0.3 is 0 Å². The van der Waals surface area contributed by atoms with Gasteiger partial charge in [-0.25, -0.2) is 4.98 Å². The SMILES string of the molecule is CCC1C(=O)NCCN1C(=O)c1ccc(C#CCO)cn1. The highest BCUT2D eigenvalue weighted by molar-refractivity contribution is 5.96. The van der Waals surface area contributed by atoms with Crippen LogP contribution < -0.4 is 5.32 Å². The van der Waals surface area contributed by atoms with E-state index in [9.17, 15) is 9.59 Å². The van der Waals surface area contributed by atoms with Crippen molar-refractivity contribution in [2.45, 2.75) is 19.4 Å². The Labute approximate surface area is 123 Å². The molecular weight excluding hydrogens is 270 g/mol. The fourth-order valence-corrected chi connectivity index (χ4v) is 2.25. The molecule has 1 atom stereocenters.